The van der Waals surface area contributed by atoms with E-state index in [0.717, 1.165) is 50.7 Å². The van der Waals surface area contributed by atoms with Crippen molar-refractivity contribution in [3.8, 4) is 11.3 Å². The van der Waals surface area contributed by atoms with Crippen LogP contribution in [0.1, 0.15) is 32.7 Å². The number of anilines is 3. The number of nitrogens with one attached hydrogen (secondary N) is 2. The number of nitrogens with zero attached hydrogens (tertiary/aromatic N) is 5. The number of rotatable bonds is 6. The minimum atomic E-state index is -1.04. The van der Waals surface area contributed by atoms with Gasteiger partial charge in [-0.25, -0.2) is 14.8 Å². The van der Waals surface area contributed by atoms with Gasteiger partial charge in [0.2, 0.25) is 5.95 Å². The van der Waals surface area contributed by atoms with Crippen molar-refractivity contribution in [1.29, 1.82) is 0 Å². The Balaban J connectivity index is 1.37. The van der Waals surface area contributed by atoms with E-state index >= 15 is 0 Å². The molecule has 39 heavy (non-hydrogen) atoms. The Morgan fingerprint density at radius 1 is 1.15 bits per heavy atom. The highest BCUT2D eigenvalue weighted by molar-refractivity contribution is 6.15. The molecule has 0 unspecified atom stereocenters. The minimum absolute atomic E-state index is 0.130. The van der Waals surface area contributed by atoms with Gasteiger partial charge in [0, 0.05) is 53.8 Å². The van der Waals surface area contributed by atoms with Gasteiger partial charge in [0.1, 0.15) is 0 Å². The Morgan fingerprint density at radius 2 is 1.97 bits per heavy atom. The Kier molecular flexibility index (Phi) is 5.72. The second-order valence-electron chi connectivity index (χ2n) is 9.48. The summed E-state index contributed by atoms with van der Waals surface area (Å²) in [5.74, 6) is -0.0671. The first-order valence-electron chi connectivity index (χ1n) is 12.4. The van der Waals surface area contributed by atoms with Crippen LogP contribution >= 0.6 is 0 Å². The van der Waals surface area contributed by atoms with E-state index < -0.39 is 5.97 Å². The standard InChI is InChI=1S/C29H25N7O3/c1-16-13-31-29(32-24-12-17(2)35(3)34-24)33-26(16)21-14-30-27-19(21)7-5-9-23(27)36-15-22-18(10-11-25(37)38)6-4-8-20(22)28(36)39/h4-14,30H,15H2,1-3H3,(H,37,38)(H,31,32,33,34)/b11-10+. The van der Waals surface area contributed by atoms with Crippen LogP contribution in [0.5, 0.6) is 0 Å². The van der Waals surface area contributed by atoms with Gasteiger partial charge < -0.3 is 20.3 Å². The second-order valence-corrected chi connectivity index (χ2v) is 9.48. The smallest absolute Gasteiger partial charge is 0.328 e. The van der Waals surface area contributed by atoms with Crippen LogP contribution < -0.4 is 10.2 Å². The molecule has 0 saturated heterocycles. The number of hydrogen-bond donors (Lipinski definition) is 3. The van der Waals surface area contributed by atoms with E-state index in [9.17, 15) is 9.59 Å². The number of carboxylic acid groups (broad SMARTS) is 1. The van der Waals surface area contributed by atoms with Crippen molar-refractivity contribution in [2.24, 2.45) is 7.05 Å². The number of aromatic nitrogens is 5. The molecule has 3 N–H and O–H groups in total. The Hall–Kier alpha value is -5.25. The molecule has 1 aliphatic heterocycles. The molecule has 6 rings (SSSR count). The number of H-pyrrole nitrogens is 1. The average Bonchev–Trinajstić information content (AvgIpc) is 3.59. The first kappa shape index (κ1) is 24.1. The van der Waals surface area contributed by atoms with Crippen LogP contribution in [-0.4, -0.2) is 41.7 Å². The molecule has 3 aromatic heterocycles. The number of para-hydroxylation sites is 1. The van der Waals surface area contributed by atoms with E-state index in [-0.39, 0.29) is 5.91 Å². The summed E-state index contributed by atoms with van der Waals surface area (Å²) in [7, 11) is 1.88. The molecule has 0 fully saturated rings. The number of carboxylic acids is 1. The molecule has 2 aromatic carbocycles. The molecule has 4 heterocycles. The predicted octanol–water partition coefficient (Wildman–Crippen LogP) is 4.98. The lowest BCUT2D eigenvalue weighted by atomic mass is 10.0. The Bertz CT molecular complexity index is 1800. The van der Waals surface area contributed by atoms with Crippen LogP contribution in [0, 0.1) is 13.8 Å². The first-order valence-corrected chi connectivity index (χ1v) is 12.4. The largest absolute Gasteiger partial charge is 0.478 e. The van der Waals surface area contributed by atoms with Crippen molar-refractivity contribution in [3.05, 3.63) is 88.9 Å². The lowest BCUT2D eigenvalue weighted by molar-refractivity contribution is -0.131. The van der Waals surface area contributed by atoms with Crippen molar-refractivity contribution in [3.63, 3.8) is 0 Å². The maximum absolute atomic E-state index is 13.4. The number of aryl methyl sites for hydroxylation is 3. The summed E-state index contributed by atoms with van der Waals surface area (Å²) in [4.78, 5) is 38.8. The number of amides is 1. The third-order valence-electron chi connectivity index (χ3n) is 6.97. The second kappa shape index (κ2) is 9.25. The number of benzene rings is 2. The molecule has 0 bridgehead atoms. The summed E-state index contributed by atoms with van der Waals surface area (Å²) >= 11 is 0. The third-order valence-corrected chi connectivity index (χ3v) is 6.97. The summed E-state index contributed by atoms with van der Waals surface area (Å²) in [6.07, 6.45) is 6.28. The van der Waals surface area contributed by atoms with Crippen LogP contribution in [0.25, 0.3) is 28.2 Å². The van der Waals surface area contributed by atoms with Gasteiger partial charge in [-0.15, -0.1) is 0 Å². The van der Waals surface area contributed by atoms with Crippen LogP contribution in [0.2, 0.25) is 0 Å². The highest BCUT2D eigenvalue weighted by Gasteiger charge is 2.31. The Labute approximate surface area is 223 Å². The number of hydrogen-bond acceptors (Lipinski definition) is 6. The fraction of sp³-hybridized carbons (Fsp3) is 0.138. The molecule has 0 radical (unpaired) electrons. The molecule has 1 amide bonds. The summed E-state index contributed by atoms with van der Waals surface area (Å²) in [5.41, 5.74) is 7.20. The van der Waals surface area contributed by atoms with Crippen molar-refractivity contribution >= 4 is 46.3 Å². The van der Waals surface area contributed by atoms with Gasteiger partial charge >= 0.3 is 5.97 Å². The van der Waals surface area contributed by atoms with Crippen LogP contribution in [0.4, 0.5) is 17.5 Å². The maximum Gasteiger partial charge on any atom is 0.328 e. The summed E-state index contributed by atoms with van der Waals surface area (Å²) in [6.45, 7) is 4.27. The fourth-order valence-corrected chi connectivity index (χ4v) is 4.94. The number of carbonyl (C=O) groups excluding carboxylic acids is 1. The summed E-state index contributed by atoms with van der Waals surface area (Å²) < 4.78 is 1.78. The number of aromatic amines is 1. The van der Waals surface area contributed by atoms with Crippen LogP contribution in [0.3, 0.4) is 0 Å². The number of aliphatic carboxylic acids is 1. The van der Waals surface area contributed by atoms with Gasteiger partial charge in [-0.2, -0.15) is 5.10 Å². The lowest BCUT2D eigenvalue weighted by Crippen LogP contribution is -2.23. The first-order chi connectivity index (χ1) is 18.8. The van der Waals surface area contributed by atoms with E-state index in [1.807, 2.05) is 57.4 Å². The summed E-state index contributed by atoms with van der Waals surface area (Å²) in [5, 5.41) is 17.6. The predicted molar refractivity (Wildman–Crippen MR) is 149 cm³/mol. The quantitative estimate of drug-likeness (QED) is 0.270. The van der Waals surface area contributed by atoms with Crippen molar-refractivity contribution in [2.75, 3.05) is 10.2 Å². The SMILES string of the molecule is Cc1cnc(Nc2cc(C)n(C)n2)nc1-c1c[nH]c2c(N3Cc4c(/C=C/C(=O)O)cccc4C3=O)cccc12. The zero-order valence-electron chi connectivity index (χ0n) is 21.6. The van der Waals surface area contributed by atoms with Crippen molar-refractivity contribution < 1.29 is 14.7 Å². The Morgan fingerprint density at radius 3 is 2.74 bits per heavy atom. The van der Waals surface area contributed by atoms with E-state index in [0.29, 0.717) is 29.4 Å². The zero-order valence-corrected chi connectivity index (χ0v) is 21.6. The molecule has 5 aromatic rings. The van der Waals surface area contributed by atoms with E-state index in [2.05, 4.69) is 20.4 Å². The van der Waals surface area contributed by atoms with Gasteiger partial charge in [-0.1, -0.05) is 24.3 Å². The molecule has 1 aliphatic rings. The number of fused-ring (bicyclic) bond motifs is 2. The third kappa shape index (κ3) is 4.21. The van der Waals surface area contributed by atoms with Crippen molar-refractivity contribution in [1.82, 2.24) is 24.7 Å². The van der Waals surface area contributed by atoms with E-state index in [1.165, 1.54) is 6.08 Å². The molecule has 0 aliphatic carbocycles. The van der Waals surface area contributed by atoms with Gasteiger partial charge in [0.25, 0.3) is 5.91 Å². The molecular formula is C29H25N7O3. The van der Waals surface area contributed by atoms with Gasteiger partial charge in [0.05, 0.1) is 23.4 Å². The monoisotopic (exact) mass is 519 g/mol. The molecule has 0 spiro atoms. The molecule has 10 nitrogen and oxygen atoms in total. The van der Waals surface area contributed by atoms with Gasteiger partial charge in [-0.05, 0) is 48.7 Å². The van der Waals surface area contributed by atoms with Gasteiger partial charge in [0.15, 0.2) is 5.82 Å². The zero-order chi connectivity index (χ0) is 27.3. The minimum Gasteiger partial charge on any atom is -0.478 e. The topological polar surface area (TPSA) is 129 Å². The average molecular weight is 520 g/mol. The normalized spacial score (nSPS) is 13.0. The van der Waals surface area contributed by atoms with Crippen LogP contribution in [0.15, 0.2) is 60.9 Å². The molecule has 10 heteroatoms. The maximum atomic E-state index is 13.4. The summed E-state index contributed by atoms with van der Waals surface area (Å²) in [6, 6.07) is 13.1. The van der Waals surface area contributed by atoms with Gasteiger partial charge in [-0.3, -0.25) is 9.48 Å². The molecule has 194 valence electrons. The fourth-order valence-electron chi connectivity index (χ4n) is 4.94. The molecular weight excluding hydrogens is 494 g/mol. The van der Waals surface area contributed by atoms with Crippen LogP contribution in [-0.2, 0) is 18.4 Å². The van der Waals surface area contributed by atoms with Crippen molar-refractivity contribution in [2.45, 2.75) is 20.4 Å². The molecule has 0 atom stereocenters. The number of carbonyl (C=O) groups is 2. The molecule has 0 saturated carbocycles. The van der Waals surface area contributed by atoms with E-state index in [4.69, 9.17) is 10.1 Å². The van der Waals surface area contributed by atoms with E-state index in [1.54, 1.807) is 27.9 Å². The lowest BCUT2D eigenvalue weighted by Gasteiger charge is -2.17. The highest BCUT2D eigenvalue weighted by Crippen LogP contribution is 2.38. The highest BCUT2D eigenvalue weighted by atomic mass is 16.4.